The van der Waals surface area contributed by atoms with Gasteiger partial charge in [0.15, 0.2) is 5.75 Å². The number of aryl methyl sites for hydroxylation is 1. The molecule has 2 aliphatic heterocycles. The summed E-state index contributed by atoms with van der Waals surface area (Å²) < 4.78 is 16.9. The normalized spacial score (nSPS) is 16.7. The second-order valence-electron chi connectivity index (χ2n) is 8.99. The van der Waals surface area contributed by atoms with E-state index in [4.69, 9.17) is 19.2 Å². The lowest BCUT2D eigenvalue weighted by Gasteiger charge is -2.41. The first kappa shape index (κ1) is 23.5. The topological polar surface area (TPSA) is 75.6 Å². The third-order valence-corrected chi connectivity index (χ3v) is 6.53. The van der Waals surface area contributed by atoms with Crippen molar-refractivity contribution < 1.29 is 19.0 Å². The van der Waals surface area contributed by atoms with E-state index in [-0.39, 0.29) is 12.1 Å². The lowest BCUT2D eigenvalue weighted by Crippen LogP contribution is -2.56. The molecule has 1 atom stereocenters. The monoisotopic (exact) mass is 486 g/mol. The van der Waals surface area contributed by atoms with E-state index in [1.54, 1.807) is 32.4 Å². The number of hydrogen-bond donors (Lipinski definition) is 1. The molecule has 0 aromatic heterocycles. The molecule has 2 amide bonds. The summed E-state index contributed by atoms with van der Waals surface area (Å²) in [4.78, 5) is 22.3. The summed E-state index contributed by atoms with van der Waals surface area (Å²) in [5.74, 6) is 3.59. The number of ether oxygens (including phenoxy) is 3. The fraction of sp³-hybridized carbons (Fsp3) is 0.286. The van der Waals surface area contributed by atoms with Gasteiger partial charge >= 0.3 is 6.03 Å². The molecule has 0 spiro atoms. The molecular weight excluding hydrogens is 456 g/mol. The van der Waals surface area contributed by atoms with Gasteiger partial charge in [-0.3, -0.25) is 0 Å². The minimum Gasteiger partial charge on any atom is -0.497 e. The highest BCUT2D eigenvalue weighted by Gasteiger charge is 2.32. The van der Waals surface area contributed by atoms with Crippen LogP contribution in [0.15, 0.2) is 65.7 Å². The van der Waals surface area contributed by atoms with Crippen LogP contribution in [0.3, 0.4) is 0 Å². The maximum Gasteiger partial charge on any atom is 0.322 e. The standard InChI is InChI=1S/C28H30N4O4/c1-18-9-12-24-21(15-18)27(29-22-7-5-6-8-25(22)36-24)31-13-14-32(19(2)17-31)28(33)30-23-11-10-20(34-3)16-26(23)35-4/h5-12,15-16,19H,13-14,17H2,1-4H3,(H,30,33)/t19-/m0/s1. The largest absolute Gasteiger partial charge is 0.497 e. The Morgan fingerprint density at radius 1 is 1.03 bits per heavy atom. The Morgan fingerprint density at radius 3 is 2.64 bits per heavy atom. The van der Waals surface area contributed by atoms with Crippen LogP contribution in [-0.4, -0.2) is 61.6 Å². The van der Waals surface area contributed by atoms with Crippen LogP contribution in [0.2, 0.25) is 0 Å². The number of aliphatic imine (C=N–C) groups is 1. The second kappa shape index (κ2) is 9.81. The molecule has 0 unspecified atom stereocenters. The third kappa shape index (κ3) is 4.54. The van der Waals surface area contributed by atoms with Crippen LogP contribution in [0.5, 0.6) is 23.0 Å². The number of rotatable bonds is 3. The lowest BCUT2D eigenvalue weighted by atomic mass is 10.1. The van der Waals surface area contributed by atoms with E-state index in [2.05, 4.69) is 30.1 Å². The molecule has 0 aliphatic carbocycles. The quantitative estimate of drug-likeness (QED) is 0.534. The fourth-order valence-corrected chi connectivity index (χ4v) is 4.62. The number of methoxy groups -OCH3 is 2. The van der Waals surface area contributed by atoms with Crippen LogP contribution >= 0.6 is 0 Å². The van der Waals surface area contributed by atoms with Crippen molar-refractivity contribution in [3.63, 3.8) is 0 Å². The number of amidine groups is 1. The summed E-state index contributed by atoms with van der Waals surface area (Å²) in [5.41, 5.74) is 3.49. The van der Waals surface area contributed by atoms with Gasteiger partial charge in [0.1, 0.15) is 28.8 Å². The van der Waals surface area contributed by atoms with Gasteiger partial charge in [-0.25, -0.2) is 9.79 Å². The van der Waals surface area contributed by atoms with Crippen LogP contribution in [-0.2, 0) is 0 Å². The van der Waals surface area contributed by atoms with Gasteiger partial charge in [0, 0.05) is 31.7 Å². The first-order valence-corrected chi connectivity index (χ1v) is 12.0. The van der Waals surface area contributed by atoms with Crippen molar-refractivity contribution in [1.82, 2.24) is 9.80 Å². The van der Waals surface area contributed by atoms with Crippen LogP contribution in [0, 0.1) is 6.92 Å². The summed E-state index contributed by atoms with van der Waals surface area (Å²) in [6, 6.07) is 19.1. The fourth-order valence-electron chi connectivity index (χ4n) is 4.62. The molecule has 5 rings (SSSR count). The molecule has 186 valence electrons. The molecule has 2 heterocycles. The number of carbonyl (C=O) groups is 1. The molecule has 3 aromatic rings. The highest BCUT2D eigenvalue weighted by Crippen LogP contribution is 2.38. The predicted molar refractivity (Wildman–Crippen MR) is 140 cm³/mol. The average Bonchev–Trinajstić information content (AvgIpc) is 3.05. The number of benzene rings is 3. The van der Waals surface area contributed by atoms with E-state index in [1.165, 1.54) is 0 Å². The molecule has 36 heavy (non-hydrogen) atoms. The summed E-state index contributed by atoms with van der Waals surface area (Å²) in [7, 11) is 3.16. The van der Waals surface area contributed by atoms with Crippen molar-refractivity contribution in [2.75, 3.05) is 39.2 Å². The molecule has 8 heteroatoms. The number of amides is 2. The molecular formula is C28H30N4O4. The summed E-state index contributed by atoms with van der Waals surface area (Å²) in [6.45, 7) is 5.95. The number of para-hydroxylation sites is 2. The Morgan fingerprint density at radius 2 is 1.86 bits per heavy atom. The van der Waals surface area contributed by atoms with Crippen LogP contribution in [0.1, 0.15) is 18.1 Å². The predicted octanol–water partition coefficient (Wildman–Crippen LogP) is 5.43. The van der Waals surface area contributed by atoms with Crippen LogP contribution in [0.4, 0.5) is 16.2 Å². The van der Waals surface area contributed by atoms with Crippen molar-refractivity contribution in [3.8, 4) is 23.0 Å². The first-order valence-electron chi connectivity index (χ1n) is 12.0. The number of hydrogen-bond acceptors (Lipinski definition) is 6. The summed E-state index contributed by atoms with van der Waals surface area (Å²) >= 11 is 0. The Kier molecular flexibility index (Phi) is 6.41. The van der Waals surface area contributed by atoms with E-state index >= 15 is 0 Å². The molecule has 1 N–H and O–H groups in total. The minimum absolute atomic E-state index is 0.0432. The number of piperazine rings is 1. The van der Waals surface area contributed by atoms with Crippen LogP contribution in [0.25, 0.3) is 0 Å². The molecule has 3 aromatic carbocycles. The first-order chi connectivity index (χ1) is 17.5. The van der Waals surface area contributed by atoms with Crippen LogP contribution < -0.4 is 19.5 Å². The van der Waals surface area contributed by atoms with Gasteiger partial charge in [-0.15, -0.1) is 0 Å². The highest BCUT2D eigenvalue weighted by atomic mass is 16.5. The number of carbonyl (C=O) groups excluding carboxylic acids is 1. The van der Waals surface area contributed by atoms with E-state index < -0.39 is 0 Å². The van der Waals surface area contributed by atoms with Gasteiger partial charge in [-0.2, -0.15) is 0 Å². The smallest absolute Gasteiger partial charge is 0.322 e. The summed E-state index contributed by atoms with van der Waals surface area (Å²) in [5, 5.41) is 2.99. The molecule has 1 saturated heterocycles. The zero-order valence-corrected chi connectivity index (χ0v) is 20.9. The number of nitrogens with zero attached hydrogens (tertiary/aromatic N) is 3. The molecule has 1 fully saturated rings. The zero-order chi connectivity index (χ0) is 25.2. The third-order valence-electron chi connectivity index (χ3n) is 6.53. The van der Waals surface area contributed by atoms with E-state index in [0.717, 1.165) is 34.1 Å². The Hall–Kier alpha value is -4.20. The minimum atomic E-state index is -0.168. The van der Waals surface area contributed by atoms with Gasteiger partial charge in [0.2, 0.25) is 0 Å². The van der Waals surface area contributed by atoms with Crippen molar-refractivity contribution in [2.45, 2.75) is 19.9 Å². The average molecular weight is 487 g/mol. The zero-order valence-electron chi connectivity index (χ0n) is 20.9. The van der Waals surface area contributed by atoms with E-state index in [1.807, 2.05) is 41.3 Å². The molecule has 2 aliphatic rings. The van der Waals surface area contributed by atoms with Crippen molar-refractivity contribution in [1.29, 1.82) is 0 Å². The van der Waals surface area contributed by atoms with E-state index in [0.29, 0.717) is 36.8 Å². The SMILES string of the molecule is COc1ccc(NC(=O)N2CCN(C3=Nc4ccccc4Oc4ccc(C)cc43)C[C@@H]2C)c(OC)c1. The van der Waals surface area contributed by atoms with Gasteiger partial charge < -0.3 is 29.3 Å². The maximum absolute atomic E-state index is 13.2. The number of anilines is 1. The van der Waals surface area contributed by atoms with E-state index in [9.17, 15) is 4.79 Å². The number of nitrogens with one attached hydrogen (secondary N) is 1. The van der Waals surface area contributed by atoms with Crippen molar-refractivity contribution >= 4 is 23.2 Å². The Labute approximate surface area is 211 Å². The maximum atomic E-state index is 13.2. The van der Waals surface area contributed by atoms with Crippen molar-refractivity contribution in [3.05, 3.63) is 71.8 Å². The van der Waals surface area contributed by atoms with Gasteiger partial charge in [0.05, 0.1) is 25.5 Å². The number of fused-ring (bicyclic) bond motifs is 2. The summed E-state index contributed by atoms with van der Waals surface area (Å²) in [6.07, 6.45) is 0. The van der Waals surface area contributed by atoms with Crippen molar-refractivity contribution in [2.24, 2.45) is 4.99 Å². The molecule has 0 bridgehead atoms. The second-order valence-corrected chi connectivity index (χ2v) is 8.99. The van der Waals surface area contributed by atoms with Gasteiger partial charge in [0.25, 0.3) is 0 Å². The van der Waals surface area contributed by atoms with Gasteiger partial charge in [-0.05, 0) is 50.2 Å². The highest BCUT2D eigenvalue weighted by molar-refractivity contribution is 6.04. The Balaban J connectivity index is 1.37. The number of urea groups is 1. The molecule has 8 nitrogen and oxygen atoms in total. The molecule has 0 radical (unpaired) electrons. The van der Waals surface area contributed by atoms with Gasteiger partial charge in [-0.1, -0.05) is 23.8 Å². The Bertz CT molecular complexity index is 1320. The lowest BCUT2D eigenvalue weighted by molar-refractivity contribution is 0.144. The molecule has 0 saturated carbocycles.